The first-order chi connectivity index (χ1) is 5.54. The Bertz CT molecular complexity index is 139. The molecule has 0 amide bonds. The Kier molecular flexibility index (Phi) is 12.3. The van der Waals surface area contributed by atoms with Gasteiger partial charge in [-0.3, -0.25) is 4.79 Å². The fourth-order valence-electron chi connectivity index (χ4n) is 0.649. The molecular formula is C12H28O2. The predicted molar refractivity (Wildman–Crippen MR) is 63.4 cm³/mol. The van der Waals surface area contributed by atoms with Gasteiger partial charge in [0.2, 0.25) is 0 Å². The minimum absolute atomic E-state index is 0. The zero-order chi connectivity index (χ0) is 9.61. The molecule has 0 rings (SSSR count). The predicted octanol–water partition coefficient (Wildman–Crippen LogP) is 4.04. The van der Waals surface area contributed by atoms with Crippen LogP contribution in [0.3, 0.4) is 0 Å². The van der Waals surface area contributed by atoms with E-state index in [0.29, 0.717) is 6.61 Å². The summed E-state index contributed by atoms with van der Waals surface area (Å²) in [5.74, 6) is -0.0709. The maximum Gasteiger partial charge on any atom is 0.311 e. The summed E-state index contributed by atoms with van der Waals surface area (Å²) in [6.07, 6.45) is 2.86. The minimum atomic E-state index is -0.312. The Morgan fingerprint density at radius 1 is 1.21 bits per heavy atom. The largest absolute Gasteiger partial charge is 0.465 e. The Balaban J connectivity index is -0.000000605. The molecule has 0 aliphatic carbocycles. The summed E-state index contributed by atoms with van der Waals surface area (Å²) in [4.78, 5) is 11.3. The van der Waals surface area contributed by atoms with Crippen LogP contribution in [0.1, 0.15) is 61.8 Å². The van der Waals surface area contributed by atoms with Gasteiger partial charge in [-0.2, -0.15) is 0 Å². The zero-order valence-electron chi connectivity index (χ0n) is 8.64. The van der Waals surface area contributed by atoms with Gasteiger partial charge in [0.25, 0.3) is 0 Å². The first kappa shape index (κ1) is 19.1. The highest BCUT2D eigenvalue weighted by molar-refractivity contribution is 5.75. The van der Waals surface area contributed by atoms with E-state index in [-0.39, 0.29) is 26.2 Å². The molecule has 0 saturated heterocycles. The molecule has 14 heavy (non-hydrogen) atoms. The summed E-state index contributed by atoms with van der Waals surface area (Å²) in [6.45, 7) is 8.49. The summed E-state index contributed by atoms with van der Waals surface area (Å²) < 4.78 is 5.10. The van der Waals surface area contributed by atoms with E-state index in [4.69, 9.17) is 4.74 Å². The van der Waals surface area contributed by atoms with Crippen molar-refractivity contribution in [3.8, 4) is 0 Å². The van der Waals surface area contributed by atoms with Gasteiger partial charge < -0.3 is 4.74 Å². The third-order valence-corrected chi connectivity index (χ3v) is 2.17. The first-order valence-corrected chi connectivity index (χ1v) is 4.71. The fourth-order valence-corrected chi connectivity index (χ4v) is 0.649. The number of hydrogen-bond acceptors (Lipinski definition) is 2. The van der Waals surface area contributed by atoms with E-state index in [1.807, 2.05) is 20.8 Å². The van der Waals surface area contributed by atoms with E-state index >= 15 is 0 Å². The van der Waals surface area contributed by atoms with Gasteiger partial charge >= 0.3 is 5.97 Å². The van der Waals surface area contributed by atoms with Crippen molar-refractivity contribution in [1.82, 2.24) is 0 Å². The standard InChI is InChI=1S/C10H20O2.2CH4/c1-5-7-8-12-9(11)10(3,4)6-2;;/h5-8H2,1-4H3;2*1H4. The van der Waals surface area contributed by atoms with Gasteiger partial charge in [-0.25, -0.2) is 0 Å². The van der Waals surface area contributed by atoms with Crippen LogP contribution >= 0.6 is 0 Å². The summed E-state index contributed by atoms with van der Waals surface area (Å²) in [7, 11) is 0. The van der Waals surface area contributed by atoms with Crippen molar-refractivity contribution >= 4 is 5.97 Å². The van der Waals surface area contributed by atoms with Crippen LogP contribution in [0.2, 0.25) is 0 Å². The first-order valence-electron chi connectivity index (χ1n) is 4.71. The lowest BCUT2D eigenvalue weighted by Crippen LogP contribution is -2.26. The number of carbonyl (C=O) groups is 1. The van der Waals surface area contributed by atoms with Crippen molar-refractivity contribution in [2.75, 3.05) is 6.61 Å². The van der Waals surface area contributed by atoms with Gasteiger partial charge in [-0.15, -0.1) is 0 Å². The molecule has 0 spiro atoms. The van der Waals surface area contributed by atoms with Crippen molar-refractivity contribution in [2.24, 2.45) is 5.41 Å². The minimum Gasteiger partial charge on any atom is -0.465 e. The summed E-state index contributed by atoms with van der Waals surface area (Å²) in [5, 5.41) is 0. The Labute approximate surface area is 90.0 Å². The molecule has 88 valence electrons. The second kappa shape index (κ2) is 9.04. The molecule has 0 radical (unpaired) electrons. The fraction of sp³-hybridized carbons (Fsp3) is 0.917. The van der Waals surface area contributed by atoms with Gasteiger partial charge in [0.05, 0.1) is 12.0 Å². The second-order valence-corrected chi connectivity index (χ2v) is 3.73. The zero-order valence-corrected chi connectivity index (χ0v) is 8.64. The molecule has 0 aliphatic rings. The molecule has 0 unspecified atom stereocenters. The van der Waals surface area contributed by atoms with E-state index in [2.05, 4.69) is 6.92 Å². The van der Waals surface area contributed by atoms with Crippen LogP contribution in [-0.4, -0.2) is 12.6 Å². The van der Waals surface area contributed by atoms with E-state index in [0.717, 1.165) is 19.3 Å². The van der Waals surface area contributed by atoms with Gasteiger partial charge in [-0.05, 0) is 26.7 Å². The number of hydrogen-bond donors (Lipinski definition) is 0. The van der Waals surface area contributed by atoms with Crippen LogP contribution in [-0.2, 0) is 9.53 Å². The third kappa shape index (κ3) is 6.93. The molecule has 2 nitrogen and oxygen atoms in total. The molecule has 0 atom stereocenters. The summed E-state index contributed by atoms with van der Waals surface area (Å²) in [5.41, 5.74) is -0.312. The van der Waals surface area contributed by atoms with Crippen molar-refractivity contribution in [3.63, 3.8) is 0 Å². The molecule has 0 saturated carbocycles. The number of unbranched alkanes of at least 4 members (excludes halogenated alkanes) is 1. The summed E-state index contributed by atoms with van der Waals surface area (Å²) >= 11 is 0. The van der Waals surface area contributed by atoms with E-state index in [9.17, 15) is 4.79 Å². The summed E-state index contributed by atoms with van der Waals surface area (Å²) in [6, 6.07) is 0. The molecule has 0 N–H and O–H groups in total. The average Bonchev–Trinajstić information content (AvgIpc) is 2.05. The molecule has 0 fully saturated rings. The number of ether oxygens (including phenoxy) is 1. The normalized spacial score (nSPS) is 9.71. The Hall–Kier alpha value is -0.530. The Morgan fingerprint density at radius 3 is 2.07 bits per heavy atom. The monoisotopic (exact) mass is 204 g/mol. The quantitative estimate of drug-likeness (QED) is 0.499. The lowest BCUT2D eigenvalue weighted by atomic mass is 9.91. The van der Waals surface area contributed by atoms with Crippen molar-refractivity contribution in [1.29, 1.82) is 0 Å². The van der Waals surface area contributed by atoms with Crippen LogP contribution < -0.4 is 0 Å². The highest BCUT2D eigenvalue weighted by atomic mass is 16.5. The highest BCUT2D eigenvalue weighted by Crippen LogP contribution is 2.21. The molecule has 0 aromatic heterocycles. The molecule has 0 heterocycles. The SMILES string of the molecule is C.C.CCCCOC(=O)C(C)(C)CC. The van der Waals surface area contributed by atoms with E-state index in [1.165, 1.54) is 0 Å². The average molecular weight is 204 g/mol. The lowest BCUT2D eigenvalue weighted by molar-refractivity contribution is -0.154. The molecule has 0 bridgehead atoms. The van der Waals surface area contributed by atoms with Gasteiger partial charge in [0.1, 0.15) is 0 Å². The van der Waals surface area contributed by atoms with Crippen molar-refractivity contribution in [3.05, 3.63) is 0 Å². The van der Waals surface area contributed by atoms with E-state index in [1.54, 1.807) is 0 Å². The van der Waals surface area contributed by atoms with Gasteiger partial charge in [0, 0.05) is 0 Å². The number of rotatable bonds is 5. The van der Waals surface area contributed by atoms with Gasteiger partial charge in [0.15, 0.2) is 0 Å². The van der Waals surface area contributed by atoms with Gasteiger partial charge in [-0.1, -0.05) is 35.1 Å². The molecular weight excluding hydrogens is 176 g/mol. The highest BCUT2D eigenvalue weighted by Gasteiger charge is 2.26. The Morgan fingerprint density at radius 2 is 1.71 bits per heavy atom. The van der Waals surface area contributed by atoms with Crippen LogP contribution in [0.15, 0.2) is 0 Å². The van der Waals surface area contributed by atoms with Crippen LogP contribution in [0.5, 0.6) is 0 Å². The maximum atomic E-state index is 11.3. The van der Waals surface area contributed by atoms with Crippen molar-refractivity contribution in [2.45, 2.75) is 61.8 Å². The number of esters is 1. The van der Waals surface area contributed by atoms with Crippen molar-refractivity contribution < 1.29 is 9.53 Å². The molecule has 0 aromatic rings. The lowest BCUT2D eigenvalue weighted by Gasteiger charge is -2.19. The molecule has 0 aromatic carbocycles. The van der Waals surface area contributed by atoms with E-state index < -0.39 is 0 Å². The topological polar surface area (TPSA) is 26.3 Å². The third-order valence-electron chi connectivity index (χ3n) is 2.17. The molecule has 0 aliphatic heterocycles. The number of carbonyl (C=O) groups excluding carboxylic acids is 1. The smallest absolute Gasteiger partial charge is 0.311 e. The van der Waals surface area contributed by atoms with Crippen LogP contribution in [0.25, 0.3) is 0 Å². The maximum absolute atomic E-state index is 11.3. The second-order valence-electron chi connectivity index (χ2n) is 3.73. The van der Waals surface area contributed by atoms with Crippen LogP contribution in [0, 0.1) is 5.41 Å². The molecule has 2 heteroatoms. The van der Waals surface area contributed by atoms with Crippen LogP contribution in [0.4, 0.5) is 0 Å².